The van der Waals surface area contributed by atoms with E-state index in [2.05, 4.69) is 29.4 Å². The van der Waals surface area contributed by atoms with Crippen LogP contribution in [-0.2, 0) is 20.9 Å². The number of hydrogen-bond donors (Lipinski definition) is 2. The fraction of sp³-hybridized carbons (Fsp3) is 0.692. The SMILES string of the molecule is CC(C)C[C@@H]1NC(=O)C2(CCCCOCCCNC1=O)CCN(Cc1cccc(F)c1)CC2. The molecule has 0 unspecified atom stereocenters. The molecule has 33 heavy (non-hydrogen) atoms. The molecule has 0 radical (unpaired) electrons. The average Bonchev–Trinajstić information content (AvgIpc) is 2.77. The van der Waals surface area contributed by atoms with Crippen molar-refractivity contribution >= 4 is 11.8 Å². The topological polar surface area (TPSA) is 70.7 Å². The molecule has 0 saturated carbocycles. The van der Waals surface area contributed by atoms with Gasteiger partial charge in [0.2, 0.25) is 11.8 Å². The van der Waals surface area contributed by atoms with E-state index in [1.165, 1.54) is 6.07 Å². The first kappa shape index (κ1) is 25.6. The van der Waals surface area contributed by atoms with Crippen LogP contribution in [-0.4, -0.2) is 55.6 Å². The Morgan fingerprint density at radius 1 is 1.12 bits per heavy atom. The van der Waals surface area contributed by atoms with Crippen molar-refractivity contribution in [3.05, 3.63) is 35.6 Å². The molecule has 0 bridgehead atoms. The Hall–Kier alpha value is -1.99. The lowest BCUT2D eigenvalue weighted by atomic mass is 9.73. The van der Waals surface area contributed by atoms with Crippen LogP contribution in [0.3, 0.4) is 0 Å². The minimum atomic E-state index is -0.511. The summed E-state index contributed by atoms with van der Waals surface area (Å²) in [5, 5.41) is 6.10. The molecule has 2 aliphatic heterocycles. The van der Waals surface area contributed by atoms with Crippen molar-refractivity contribution in [2.24, 2.45) is 11.3 Å². The lowest BCUT2D eigenvalue weighted by molar-refractivity contribution is -0.138. The second kappa shape index (κ2) is 12.5. The van der Waals surface area contributed by atoms with Crippen LogP contribution in [0.4, 0.5) is 4.39 Å². The van der Waals surface area contributed by atoms with Crippen LogP contribution >= 0.6 is 0 Å². The third-order valence-corrected chi connectivity index (χ3v) is 6.88. The molecule has 2 aliphatic rings. The summed E-state index contributed by atoms with van der Waals surface area (Å²) in [4.78, 5) is 28.7. The number of rotatable bonds is 4. The number of carbonyl (C=O) groups excluding carboxylic acids is 2. The van der Waals surface area contributed by atoms with Gasteiger partial charge < -0.3 is 15.4 Å². The molecule has 0 aliphatic carbocycles. The summed E-state index contributed by atoms with van der Waals surface area (Å²) in [7, 11) is 0. The van der Waals surface area contributed by atoms with Gasteiger partial charge in [0.25, 0.3) is 0 Å². The number of nitrogens with zero attached hydrogens (tertiary/aromatic N) is 1. The first-order chi connectivity index (χ1) is 15.9. The Morgan fingerprint density at radius 2 is 1.88 bits per heavy atom. The van der Waals surface area contributed by atoms with E-state index < -0.39 is 11.5 Å². The highest BCUT2D eigenvalue weighted by molar-refractivity contribution is 5.90. The zero-order valence-electron chi connectivity index (χ0n) is 20.2. The molecule has 2 saturated heterocycles. The summed E-state index contributed by atoms with van der Waals surface area (Å²) in [5.41, 5.74) is 0.477. The smallest absolute Gasteiger partial charge is 0.242 e. The minimum absolute atomic E-state index is 0.00619. The highest BCUT2D eigenvalue weighted by Gasteiger charge is 2.42. The van der Waals surface area contributed by atoms with Crippen LogP contribution < -0.4 is 10.6 Å². The summed E-state index contributed by atoms with van der Waals surface area (Å²) in [5.74, 6) is -0.0186. The van der Waals surface area contributed by atoms with Crippen LogP contribution in [0.1, 0.15) is 64.4 Å². The molecule has 184 valence electrons. The molecule has 1 atom stereocenters. The second-order valence-corrected chi connectivity index (χ2v) is 10.1. The monoisotopic (exact) mass is 461 g/mol. The summed E-state index contributed by atoms with van der Waals surface area (Å²) >= 11 is 0. The van der Waals surface area contributed by atoms with Crippen LogP contribution in [0.2, 0.25) is 0 Å². The second-order valence-electron chi connectivity index (χ2n) is 10.1. The van der Waals surface area contributed by atoms with Gasteiger partial charge >= 0.3 is 0 Å². The summed E-state index contributed by atoms with van der Waals surface area (Å²) in [6, 6.07) is 6.21. The van der Waals surface area contributed by atoms with Gasteiger partial charge in [-0.3, -0.25) is 14.5 Å². The van der Waals surface area contributed by atoms with Crippen LogP contribution in [0, 0.1) is 17.2 Å². The molecule has 6 nitrogen and oxygen atoms in total. The predicted octanol–water partition coefficient (Wildman–Crippen LogP) is 3.65. The largest absolute Gasteiger partial charge is 0.381 e. The first-order valence-electron chi connectivity index (χ1n) is 12.5. The van der Waals surface area contributed by atoms with Crippen LogP contribution in [0.15, 0.2) is 24.3 Å². The Morgan fingerprint density at radius 3 is 2.61 bits per heavy atom. The van der Waals surface area contributed by atoms with Crippen molar-refractivity contribution in [3.8, 4) is 0 Å². The lowest BCUT2D eigenvalue weighted by Crippen LogP contribution is -2.55. The van der Waals surface area contributed by atoms with Gasteiger partial charge in [0.05, 0.1) is 5.41 Å². The fourth-order valence-corrected chi connectivity index (χ4v) is 4.92. The average molecular weight is 462 g/mol. The number of halogens is 1. The van der Waals surface area contributed by atoms with Gasteiger partial charge in [0, 0.05) is 26.3 Å². The van der Waals surface area contributed by atoms with Gasteiger partial charge in [-0.15, -0.1) is 0 Å². The standard InChI is InChI=1S/C26H40FN3O3/c1-20(2)17-23-24(31)28-12-6-16-33-15-4-3-9-26(25(32)29-23)10-13-30(14-11-26)19-21-7-5-8-22(27)18-21/h5,7-8,18,20,23H,3-4,6,9-17,19H2,1-2H3,(H,28,31)(H,29,32)/t23-/m0/s1. The van der Waals surface area contributed by atoms with Gasteiger partial charge in [0.1, 0.15) is 11.9 Å². The molecular weight excluding hydrogens is 421 g/mol. The van der Waals surface area contributed by atoms with E-state index >= 15 is 0 Å². The van der Waals surface area contributed by atoms with Gasteiger partial charge in [-0.05, 0) is 75.2 Å². The first-order valence-corrected chi connectivity index (χ1v) is 12.5. The number of amides is 2. The van der Waals surface area contributed by atoms with E-state index in [1.54, 1.807) is 12.1 Å². The number of benzene rings is 1. The predicted molar refractivity (Wildman–Crippen MR) is 127 cm³/mol. The van der Waals surface area contributed by atoms with E-state index in [1.807, 2.05) is 6.07 Å². The van der Waals surface area contributed by atoms with Gasteiger partial charge in [-0.1, -0.05) is 32.4 Å². The molecule has 2 amide bonds. The maximum atomic E-state index is 13.6. The molecule has 2 fully saturated rings. The van der Waals surface area contributed by atoms with Crippen LogP contribution in [0.5, 0.6) is 0 Å². The summed E-state index contributed by atoms with van der Waals surface area (Å²) < 4.78 is 19.3. The molecule has 1 aromatic carbocycles. The van der Waals surface area contributed by atoms with Crippen molar-refractivity contribution in [2.45, 2.75) is 71.4 Å². The minimum Gasteiger partial charge on any atom is -0.381 e. The molecule has 1 spiro atoms. The molecule has 1 aromatic rings. The molecule has 2 N–H and O–H groups in total. The maximum Gasteiger partial charge on any atom is 0.242 e. The zero-order valence-corrected chi connectivity index (χ0v) is 20.2. The van der Waals surface area contributed by atoms with Crippen molar-refractivity contribution in [2.75, 3.05) is 32.8 Å². The van der Waals surface area contributed by atoms with E-state index in [9.17, 15) is 14.0 Å². The number of carbonyl (C=O) groups is 2. The van der Waals surface area contributed by atoms with Crippen molar-refractivity contribution in [1.82, 2.24) is 15.5 Å². The van der Waals surface area contributed by atoms with Crippen molar-refractivity contribution in [3.63, 3.8) is 0 Å². The van der Waals surface area contributed by atoms with E-state index in [0.29, 0.717) is 38.6 Å². The molecule has 3 rings (SSSR count). The Balaban J connectivity index is 1.69. The Labute approximate surface area is 197 Å². The highest BCUT2D eigenvalue weighted by Crippen LogP contribution is 2.38. The highest BCUT2D eigenvalue weighted by atomic mass is 19.1. The van der Waals surface area contributed by atoms with Crippen molar-refractivity contribution in [1.29, 1.82) is 0 Å². The Kier molecular flexibility index (Phi) is 9.68. The molecule has 0 aromatic heterocycles. The quantitative estimate of drug-likeness (QED) is 0.718. The normalized spacial score (nSPS) is 23.7. The number of nitrogens with one attached hydrogen (secondary N) is 2. The Bertz CT molecular complexity index is 778. The van der Waals surface area contributed by atoms with E-state index in [4.69, 9.17) is 4.74 Å². The van der Waals surface area contributed by atoms with E-state index in [-0.39, 0.29) is 17.6 Å². The van der Waals surface area contributed by atoms with Gasteiger partial charge in [-0.2, -0.15) is 0 Å². The fourth-order valence-electron chi connectivity index (χ4n) is 4.92. The molecule has 2 heterocycles. The summed E-state index contributed by atoms with van der Waals surface area (Å²) in [6.07, 6.45) is 5.54. The number of likely N-dealkylation sites (tertiary alicyclic amines) is 1. The maximum absolute atomic E-state index is 13.6. The van der Waals surface area contributed by atoms with Crippen LogP contribution in [0.25, 0.3) is 0 Å². The number of ether oxygens (including phenoxy) is 1. The lowest BCUT2D eigenvalue weighted by Gasteiger charge is -2.41. The zero-order chi connectivity index (χ0) is 23.7. The van der Waals surface area contributed by atoms with Crippen molar-refractivity contribution < 1.29 is 18.7 Å². The molecular formula is C26H40FN3O3. The van der Waals surface area contributed by atoms with E-state index in [0.717, 1.165) is 57.2 Å². The van der Waals surface area contributed by atoms with Gasteiger partial charge in [-0.25, -0.2) is 4.39 Å². The van der Waals surface area contributed by atoms with Gasteiger partial charge in [0.15, 0.2) is 0 Å². The third kappa shape index (κ3) is 7.78. The summed E-state index contributed by atoms with van der Waals surface area (Å²) in [6.45, 7) is 8.27. The number of piperidine rings is 1. The third-order valence-electron chi connectivity index (χ3n) is 6.88. The number of hydrogen-bond acceptors (Lipinski definition) is 4. The molecule has 7 heteroatoms.